The van der Waals surface area contributed by atoms with E-state index in [4.69, 9.17) is 14.3 Å². The molecule has 0 saturated carbocycles. The summed E-state index contributed by atoms with van der Waals surface area (Å²) in [5.74, 6) is 0. The van der Waals surface area contributed by atoms with Crippen molar-refractivity contribution in [3.63, 3.8) is 0 Å². The van der Waals surface area contributed by atoms with Crippen LogP contribution in [0.25, 0.3) is 0 Å². The van der Waals surface area contributed by atoms with Crippen LogP contribution >= 0.6 is 0 Å². The highest BCUT2D eigenvalue weighted by Gasteiger charge is 2.34. The van der Waals surface area contributed by atoms with Gasteiger partial charge in [0.15, 0.2) is 6.54 Å². The molecule has 0 bridgehead atoms. The second kappa shape index (κ2) is 6.12. The van der Waals surface area contributed by atoms with Crippen molar-refractivity contribution in [2.75, 3.05) is 39.5 Å². The molecule has 17 heavy (non-hydrogen) atoms. The predicted molar refractivity (Wildman–Crippen MR) is 56.4 cm³/mol. The second-order valence-corrected chi connectivity index (χ2v) is 3.82. The van der Waals surface area contributed by atoms with E-state index in [1.54, 1.807) is 6.92 Å². The van der Waals surface area contributed by atoms with Crippen molar-refractivity contribution in [2.24, 2.45) is 0 Å². The Morgan fingerprint density at radius 1 is 1.59 bits per heavy atom. The fraction of sp³-hybridized carbons (Fsp3) is 0.889. The highest BCUT2D eigenvalue weighted by Crippen LogP contribution is 1.92. The van der Waals surface area contributed by atoms with Crippen LogP contribution in [0.4, 0.5) is 4.79 Å². The Balaban J connectivity index is 1.73. The van der Waals surface area contributed by atoms with Crippen molar-refractivity contribution in [1.82, 2.24) is 15.9 Å². The van der Waals surface area contributed by atoms with Gasteiger partial charge in [-0.1, -0.05) is 0 Å². The average molecular weight is 247 g/mol. The molecule has 2 rings (SSSR count). The Morgan fingerprint density at radius 2 is 2.35 bits per heavy atom. The van der Waals surface area contributed by atoms with Gasteiger partial charge in [-0.25, -0.2) is 9.63 Å². The van der Waals surface area contributed by atoms with Crippen molar-refractivity contribution in [3.05, 3.63) is 0 Å². The zero-order valence-corrected chi connectivity index (χ0v) is 9.90. The van der Waals surface area contributed by atoms with Crippen molar-refractivity contribution in [2.45, 2.75) is 13.2 Å². The summed E-state index contributed by atoms with van der Waals surface area (Å²) >= 11 is 0. The van der Waals surface area contributed by atoms with E-state index in [-0.39, 0.29) is 6.23 Å². The Morgan fingerprint density at radius 3 is 3.06 bits per heavy atom. The van der Waals surface area contributed by atoms with Gasteiger partial charge >= 0.3 is 6.09 Å². The van der Waals surface area contributed by atoms with Gasteiger partial charge in [-0.3, -0.25) is 5.32 Å². The Labute approximate surface area is 99.7 Å². The normalized spacial score (nSPS) is 30.2. The van der Waals surface area contributed by atoms with Gasteiger partial charge in [0.1, 0.15) is 0 Å². The quantitative estimate of drug-likeness (QED) is 0.518. The molecule has 0 aromatic carbocycles. The minimum absolute atomic E-state index is 0.353. The van der Waals surface area contributed by atoms with E-state index < -0.39 is 6.09 Å². The van der Waals surface area contributed by atoms with E-state index in [0.29, 0.717) is 13.2 Å². The first-order valence-electron chi connectivity index (χ1n) is 5.83. The predicted octanol–water partition coefficient (Wildman–Crippen LogP) is -2.36. The van der Waals surface area contributed by atoms with Gasteiger partial charge in [0, 0.05) is 0 Å². The number of hydrogen-bond donors (Lipinski definition) is 3. The van der Waals surface area contributed by atoms with Crippen LogP contribution in [0.15, 0.2) is 0 Å². The molecule has 0 aromatic rings. The third kappa shape index (κ3) is 3.51. The van der Waals surface area contributed by atoms with Crippen molar-refractivity contribution in [1.29, 1.82) is 0 Å². The molecular formula is C9H19N4O4+. The maximum Gasteiger partial charge on any atom is 0.409 e. The smallest absolute Gasteiger partial charge is 0.409 e. The third-order valence-electron chi connectivity index (χ3n) is 2.64. The van der Waals surface area contributed by atoms with Crippen LogP contribution in [0.5, 0.6) is 0 Å². The topological polar surface area (TPSA) is 76.5 Å². The summed E-state index contributed by atoms with van der Waals surface area (Å²) in [5, 5.41) is 5.77. The molecule has 2 aliphatic heterocycles. The van der Waals surface area contributed by atoms with Gasteiger partial charge in [-0.05, 0) is 12.5 Å². The summed E-state index contributed by atoms with van der Waals surface area (Å²) in [5.41, 5.74) is 2.84. The molecule has 98 valence electrons. The third-order valence-corrected chi connectivity index (χ3v) is 2.64. The number of amides is 1. The number of nitrogens with zero attached hydrogens (tertiary/aromatic N) is 1. The van der Waals surface area contributed by atoms with E-state index >= 15 is 0 Å². The molecule has 8 heteroatoms. The van der Waals surface area contributed by atoms with E-state index in [1.165, 1.54) is 0 Å². The van der Waals surface area contributed by atoms with Crippen molar-refractivity contribution >= 4 is 6.09 Å². The summed E-state index contributed by atoms with van der Waals surface area (Å²) in [6.07, 6.45) is -0.825. The Kier molecular flexibility index (Phi) is 4.51. The molecule has 3 N–H and O–H groups in total. The maximum atomic E-state index is 11.2. The van der Waals surface area contributed by atoms with E-state index in [2.05, 4.69) is 15.9 Å². The van der Waals surface area contributed by atoms with Gasteiger partial charge in [0.25, 0.3) is 0 Å². The van der Waals surface area contributed by atoms with Crippen LogP contribution in [0.2, 0.25) is 0 Å². The number of hydrogen-bond acceptors (Lipinski definition) is 6. The molecule has 2 aliphatic rings. The zero-order chi connectivity index (χ0) is 12.1. The molecule has 0 aliphatic carbocycles. The lowest BCUT2D eigenvalue weighted by Gasteiger charge is -2.28. The lowest BCUT2D eigenvalue weighted by Crippen LogP contribution is -3.22. The van der Waals surface area contributed by atoms with Crippen molar-refractivity contribution < 1.29 is 24.2 Å². The minimum atomic E-state index is -0.456. The van der Waals surface area contributed by atoms with Crippen LogP contribution < -0.4 is 16.0 Å². The Bertz CT molecular complexity index is 259. The molecule has 2 atom stereocenters. The summed E-state index contributed by atoms with van der Waals surface area (Å²) in [7, 11) is 0. The summed E-state index contributed by atoms with van der Waals surface area (Å²) in [6, 6.07) is 0. The van der Waals surface area contributed by atoms with Gasteiger partial charge in [-0.15, -0.1) is 5.01 Å². The van der Waals surface area contributed by atoms with Crippen LogP contribution in [-0.4, -0.2) is 56.8 Å². The maximum absolute atomic E-state index is 11.2. The van der Waals surface area contributed by atoms with E-state index in [1.807, 2.05) is 0 Å². The molecule has 2 fully saturated rings. The Hall–Kier alpha value is -0.930. The molecular weight excluding hydrogens is 228 g/mol. The summed E-state index contributed by atoms with van der Waals surface area (Å²) in [6.45, 7) is 5.88. The molecule has 8 nitrogen and oxygen atoms in total. The average Bonchev–Trinajstić information content (AvgIpc) is 2.79. The highest BCUT2D eigenvalue weighted by molar-refractivity contribution is 5.67. The SMILES string of the molecule is CCOC(=O)NC1C[NH+](N2CCOCC2)NO1. The lowest BCUT2D eigenvalue weighted by atomic mass is 10.5. The number of alkyl carbamates (subject to hydrolysis) is 1. The summed E-state index contributed by atoms with van der Waals surface area (Å²) < 4.78 is 10.1. The number of morpholine rings is 1. The van der Waals surface area contributed by atoms with Crippen LogP contribution in [-0.2, 0) is 14.3 Å². The fourth-order valence-corrected chi connectivity index (χ4v) is 1.81. The van der Waals surface area contributed by atoms with Crippen molar-refractivity contribution in [3.8, 4) is 0 Å². The van der Waals surface area contributed by atoms with Gasteiger partial charge in [0.05, 0.1) is 32.9 Å². The molecule has 2 unspecified atom stereocenters. The first kappa shape index (κ1) is 12.5. The first-order chi connectivity index (χ1) is 8.29. The van der Waals surface area contributed by atoms with Crippen LogP contribution in [0.1, 0.15) is 6.92 Å². The van der Waals surface area contributed by atoms with E-state index in [9.17, 15) is 4.79 Å². The molecule has 1 amide bonds. The second-order valence-electron chi connectivity index (χ2n) is 3.82. The molecule has 2 saturated heterocycles. The number of carbonyl (C=O) groups is 1. The zero-order valence-electron chi connectivity index (χ0n) is 9.90. The monoisotopic (exact) mass is 247 g/mol. The molecule has 0 spiro atoms. The van der Waals surface area contributed by atoms with Gasteiger partial charge < -0.3 is 9.47 Å². The van der Waals surface area contributed by atoms with Gasteiger partial charge in [-0.2, -0.15) is 5.12 Å². The number of rotatable bonds is 3. The largest absolute Gasteiger partial charge is 0.450 e. The fourth-order valence-electron chi connectivity index (χ4n) is 1.81. The van der Waals surface area contributed by atoms with Crippen LogP contribution in [0.3, 0.4) is 0 Å². The number of carbonyl (C=O) groups excluding carboxylic acids is 1. The lowest BCUT2D eigenvalue weighted by molar-refractivity contribution is -1.06. The number of nitrogens with one attached hydrogen (secondary N) is 3. The minimum Gasteiger partial charge on any atom is -0.450 e. The molecule has 2 heterocycles. The number of ether oxygens (including phenoxy) is 2. The highest BCUT2D eigenvalue weighted by atomic mass is 16.7. The first-order valence-corrected chi connectivity index (χ1v) is 5.83. The number of quaternary nitrogens is 1. The molecule has 0 radical (unpaired) electrons. The van der Waals surface area contributed by atoms with E-state index in [0.717, 1.165) is 31.4 Å². The standard InChI is InChI=1S/C9H18N4O4/c1-2-16-9(14)10-8-7-13(11-17-8)12-3-5-15-6-4-12/h8,11H,2-7H2,1H3,(H,10,14)/p+1. The molecule has 0 aromatic heterocycles. The summed E-state index contributed by atoms with van der Waals surface area (Å²) in [4.78, 5) is 16.5. The van der Waals surface area contributed by atoms with Crippen LogP contribution in [0, 0.1) is 0 Å². The van der Waals surface area contributed by atoms with Gasteiger partial charge in [0.2, 0.25) is 6.23 Å².